The van der Waals surface area contributed by atoms with Gasteiger partial charge in [0, 0.05) is 6.54 Å². The van der Waals surface area contributed by atoms with Crippen LogP contribution in [0.4, 0.5) is 5.82 Å². The van der Waals surface area contributed by atoms with Gasteiger partial charge in [0.05, 0.1) is 26.1 Å². The summed E-state index contributed by atoms with van der Waals surface area (Å²) in [6.45, 7) is 3.23. The van der Waals surface area contributed by atoms with Crippen LogP contribution in [0.15, 0.2) is 30.6 Å². The first-order valence-corrected chi connectivity index (χ1v) is 7.73. The predicted octanol–water partition coefficient (Wildman–Crippen LogP) is 2.63. The summed E-state index contributed by atoms with van der Waals surface area (Å²) in [6, 6.07) is 5.91. The monoisotopic (exact) mass is 331 g/mol. The number of ether oxygens (including phenoxy) is 2. The Balaban J connectivity index is 1.83. The molecule has 7 heteroatoms. The van der Waals surface area contributed by atoms with Gasteiger partial charge >= 0.3 is 5.97 Å². The zero-order chi connectivity index (χ0) is 17.4. The van der Waals surface area contributed by atoms with Crippen molar-refractivity contribution >= 4 is 11.8 Å². The van der Waals surface area contributed by atoms with Gasteiger partial charge in [0.1, 0.15) is 5.82 Å². The van der Waals surface area contributed by atoms with E-state index in [2.05, 4.69) is 15.3 Å². The molecule has 1 heterocycles. The zero-order valence-corrected chi connectivity index (χ0v) is 13.8. The quantitative estimate of drug-likeness (QED) is 0.682. The first kappa shape index (κ1) is 17.5. The van der Waals surface area contributed by atoms with Gasteiger partial charge in [-0.25, -0.2) is 14.8 Å². The third-order valence-corrected chi connectivity index (χ3v) is 3.35. The van der Waals surface area contributed by atoms with Gasteiger partial charge in [0.15, 0.2) is 17.2 Å². The molecular weight excluding hydrogens is 310 g/mol. The highest BCUT2D eigenvalue weighted by molar-refractivity contribution is 5.84. The molecule has 1 aromatic carbocycles. The number of aromatic carboxylic acids is 1. The Kier molecular flexibility index (Phi) is 6.36. The van der Waals surface area contributed by atoms with Gasteiger partial charge in [-0.3, -0.25) is 0 Å². The average Bonchev–Trinajstić information content (AvgIpc) is 2.59. The highest BCUT2D eigenvalue weighted by atomic mass is 16.5. The maximum atomic E-state index is 10.7. The number of rotatable bonds is 9. The van der Waals surface area contributed by atoms with Crippen molar-refractivity contribution in [1.82, 2.24) is 9.97 Å². The molecule has 0 saturated carbocycles. The van der Waals surface area contributed by atoms with Crippen LogP contribution >= 0.6 is 0 Å². The number of carboxylic acids is 1. The molecule has 128 valence electrons. The molecule has 0 bridgehead atoms. The van der Waals surface area contributed by atoms with Gasteiger partial charge in [-0.1, -0.05) is 6.07 Å². The summed E-state index contributed by atoms with van der Waals surface area (Å²) < 4.78 is 10.8. The maximum absolute atomic E-state index is 10.7. The molecule has 2 rings (SSSR count). The number of carbonyl (C=O) groups is 1. The van der Waals surface area contributed by atoms with E-state index in [0.29, 0.717) is 19.0 Å². The Hall–Kier alpha value is -2.83. The molecular formula is C17H21N3O4. The smallest absolute Gasteiger partial charge is 0.356 e. The molecule has 0 spiro atoms. The highest BCUT2D eigenvalue weighted by Crippen LogP contribution is 2.28. The third kappa shape index (κ3) is 4.84. The Morgan fingerprint density at radius 2 is 2.08 bits per heavy atom. The number of aromatic nitrogens is 2. The van der Waals surface area contributed by atoms with Crippen molar-refractivity contribution in [2.75, 3.05) is 25.6 Å². The number of anilines is 1. The van der Waals surface area contributed by atoms with E-state index in [1.807, 2.05) is 25.1 Å². The number of aryl methyl sites for hydroxylation is 1. The predicted molar refractivity (Wildman–Crippen MR) is 90.0 cm³/mol. The Labute approximate surface area is 140 Å². The number of hydrogen-bond acceptors (Lipinski definition) is 6. The molecule has 0 amide bonds. The lowest BCUT2D eigenvalue weighted by Crippen LogP contribution is -2.07. The number of methoxy groups -OCH3 is 1. The van der Waals surface area contributed by atoms with E-state index in [-0.39, 0.29) is 5.69 Å². The van der Waals surface area contributed by atoms with E-state index in [1.165, 1.54) is 12.4 Å². The lowest BCUT2D eigenvalue weighted by Gasteiger charge is -2.11. The molecule has 2 aromatic rings. The van der Waals surface area contributed by atoms with Crippen molar-refractivity contribution in [3.8, 4) is 11.5 Å². The first-order valence-electron chi connectivity index (χ1n) is 7.73. The minimum atomic E-state index is -1.08. The minimum absolute atomic E-state index is 0.0674. The molecule has 0 atom stereocenters. The fourth-order valence-electron chi connectivity index (χ4n) is 2.18. The van der Waals surface area contributed by atoms with E-state index >= 15 is 0 Å². The second-order valence-corrected chi connectivity index (χ2v) is 5.04. The minimum Gasteiger partial charge on any atom is -0.493 e. The van der Waals surface area contributed by atoms with Crippen LogP contribution in [-0.2, 0) is 6.42 Å². The van der Waals surface area contributed by atoms with Crippen molar-refractivity contribution in [3.63, 3.8) is 0 Å². The van der Waals surface area contributed by atoms with Crippen molar-refractivity contribution < 1.29 is 19.4 Å². The number of hydrogen-bond donors (Lipinski definition) is 2. The Morgan fingerprint density at radius 3 is 2.71 bits per heavy atom. The van der Waals surface area contributed by atoms with Crippen LogP contribution in [0.25, 0.3) is 0 Å². The highest BCUT2D eigenvalue weighted by Gasteiger charge is 2.06. The second-order valence-electron chi connectivity index (χ2n) is 5.04. The molecule has 24 heavy (non-hydrogen) atoms. The van der Waals surface area contributed by atoms with Crippen molar-refractivity contribution in [1.29, 1.82) is 0 Å². The Morgan fingerprint density at radius 1 is 1.25 bits per heavy atom. The van der Waals surface area contributed by atoms with Gasteiger partial charge in [-0.2, -0.15) is 0 Å². The SMILES string of the molecule is CCOc1cc(CCCNc2cnc(C(=O)O)cn2)ccc1OC. The van der Waals surface area contributed by atoms with Gasteiger partial charge in [0.2, 0.25) is 0 Å². The van der Waals surface area contributed by atoms with Gasteiger partial charge in [0.25, 0.3) is 0 Å². The summed E-state index contributed by atoms with van der Waals surface area (Å²) in [5, 5.41) is 11.9. The molecule has 0 aliphatic heterocycles. The normalized spacial score (nSPS) is 10.2. The van der Waals surface area contributed by atoms with Crippen LogP contribution in [0.1, 0.15) is 29.4 Å². The molecule has 2 N–H and O–H groups in total. The average molecular weight is 331 g/mol. The molecule has 1 aromatic heterocycles. The van der Waals surface area contributed by atoms with Crippen LogP contribution in [0.3, 0.4) is 0 Å². The molecule has 0 aliphatic carbocycles. The molecule has 0 fully saturated rings. The van der Waals surface area contributed by atoms with E-state index in [0.717, 1.165) is 29.9 Å². The molecule has 0 radical (unpaired) electrons. The first-order chi connectivity index (χ1) is 11.6. The van der Waals surface area contributed by atoms with Crippen molar-refractivity contribution in [2.45, 2.75) is 19.8 Å². The van der Waals surface area contributed by atoms with Crippen LogP contribution in [0.2, 0.25) is 0 Å². The lowest BCUT2D eigenvalue weighted by atomic mass is 10.1. The van der Waals surface area contributed by atoms with Crippen LogP contribution in [0, 0.1) is 0 Å². The summed E-state index contributed by atoms with van der Waals surface area (Å²) in [5.41, 5.74) is 1.09. The largest absolute Gasteiger partial charge is 0.493 e. The van der Waals surface area contributed by atoms with Gasteiger partial charge < -0.3 is 19.9 Å². The number of nitrogens with zero attached hydrogens (tertiary/aromatic N) is 2. The van der Waals surface area contributed by atoms with Crippen molar-refractivity contribution in [2.24, 2.45) is 0 Å². The van der Waals surface area contributed by atoms with Crippen LogP contribution < -0.4 is 14.8 Å². The zero-order valence-electron chi connectivity index (χ0n) is 13.8. The summed E-state index contributed by atoms with van der Waals surface area (Å²) in [6.07, 6.45) is 4.42. The summed E-state index contributed by atoms with van der Waals surface area (Å²) in [7, 11) is 1.62. The van der Waals surface area contributed by atoms with Crippen LogP contribution in [0.5, 0.6) is 11.5 Å². The van der Waals surface area contributed by atoms with Gasteiger partial charge in [-0.05, 0) is 37.5 Å². The van der Waals surface area contributed by atoms with Crippen LogP contribution in [-0.4, -0.2) is 41.3 Å². The van der Waals surface area contributed by atoms with Crippen molar-refractivity contribution in [3.05, 3.63) is 41.9 Å². The number of carboxylic acid groups (broad SMARTS) is 1. The van der Waals surface area contributed by atoms with E-state index in [1.54, 1.807) is 7.11 Å². The summed E-state index contributed by atoms with van der Waals surface area (Å²) in [4.78, 5) is 18.5. The fourth-order valence-corrected chi connectivity index (χ4v) is 2.18. The number of nitrogens with one attached hydrogen (secondary N) is 1. The number of benzene rings is 1. The third-order valence-electron chi connectivity index (χ3n) is 3.35. The van der Waals surface area contributed by atoms with E-state index < -0.39 is 5.97 Å². The molecule has 0 unspecified atom stereocenters. The topological polar surface area (TPSA) is 93.6 Å². The van der Waals surface area contributed by atoms with E-state index in [4.69, 9.17) is 14.6 Å². The second kappa shape index (κ2) is 8.71. The Bertz CT molecular complexity index is 674. The standard InChI is InChI=1S/C17H21N3O4/c1-3-24-15-9-12(6-7-14(15)23-2)5-4-8-18-16-11-19-13(10-20-16)17(21)22/h6-7,9-11H,3-5,8H2,1-2H3,(H,18,20)(H,21,22). The maximum Gasteiger partial charge on any atom is 0.356 e. The van der Waals surface area contributed by atoms with E-state index in [9.17, 15) is 4.79 Å². The molecule has 0 aliphatic rings. The fraction of sp³-hybridized carbons (Fsp3) is 0.353. The summed E-state index contributed by atoms with van der Waals surface area (Å²) >= 11 is 0. The summed E-state index contributed by atoms with van der Waals surface area (Å²) in [5.74, 6) is 0.955. The van der Waals surface area contributed by atoms with Gasteiger partial charge in [-0.15, -0.1) is 0 Å². The molecule has 0 saturated heterocycles. The molecule has 7 nitrogen and oxygen atoms in total. The lowest BCUT2D eigenvalue weighted by molar-refractivity contribution is 0.0690.